The molecule has 0 aliphatic carbocycles. The molecule has 0 aromatic heterocycles. The Bertz CT molecular complexity index is 1200. The van der Waals surface area contributed by atoms with Gasteiger partial charge in [0.25, 0.3) is 0 Å². The molecular formula is C24H20Cl2O3P+. The first-order valence-electron chi connectivity index (χ1n) is 9.31. The van der Waals surface area contributed by atoms with E-state index in [0.29, 0.717) is 11.1 Å². The lowest BCUT2D eigenvalue weighted by molar-refractivity contribution is 0.103. The van der Waals surface area contributed by atoms with Crippen LogP contribution >= 0.6 is 31.0 Å². The smallest absolute Gasteiger partial charge is 0.289 e. The Labute approximate surface area is 186 Å². The highest BCUT2D eigenvalue weighted by molar-refractivity contribution is 7.72. The molecule has 0 saturated carbocycles. The highest BCUT2D eigenvalue weighted by Crippen LogP contribution is 2.37. The van der Waals surface area contributed by atoms with Crippen LogP contribution in [-0.4, -0.2) is 11.3 Å². The van der Waals surface area contributed by atoms with Gasteiger partial charge in [-0.25, -0.2) is 4.79 Å². The Morgan fingerprint density at radius 3 is 2.10 bits per heavy atom. The summed E-state index contributed by atoms with van der Waals surface area (Å²) in [7, 11) is -2.62. The van der Waals surface area contributed by atoms with Crippen LogP contribution in [0.5, 0.6) is 0 Å². The fourth-order valence-electron chi connectivity index (χ4n) is 3.46. The van der Waals surface area contributed by atoms with Crippen molar-refractivity contribution in [2.75, 3.05) is 0 Å². The molecule has 1 unspecified atom stereocenters. The van der Waals surface area contributed by atoms with E-state index >= 15 is 0 Å². The fourth-order valence-corrected chi connectivity index (χ4v) is 5.70. The maximum atomic E-state index is 13.3. The van der Waals surface area contributed by atoms with Gasteiger partial charge in [0.2, 0.25) is 5.30 Å². The SMILES string of the molecule is Cc1cc(C)c(C(=O)[P+](=O)c2c(Cl)ccc(C(=O)c3ccccc3)c2Cl)c(C)c1C. The van der Waals surface area contributed by atoms with Crippen LogP contribution in [-0.2, 0) is 4.57 Å². The molecule has 0 saturated heterocycles. The molecule has 30 heavy (non-hydrogen) atoms. The van der Waals surface area contributed by atoms with Gasteiger partial charge in [0.05, 0.1) is 10.6 Å². The van der Waals surface area contributed by atoms with Crippen LogP contribution in [0.2, 0.25) is 10.0 Å². The van der Waals surface area contributed by atoms with Crippen molar-refractivity contribution < 1.29 is 14.2 Å². The normalized spacial score (nSPS) is 11.3. The van der Waals surface area contributed by atoms with E-state index < -0.39 is 13.3 Å². The molecule has 0 N–H and O–H groups in total. The predicted molar refractivity (Wildman–Crippen MR) is 123 cm³/mol. The number of carbonyl (C=O) groups excluding carboxylic acids is 2. The maximum Gasteiger partial charge on any atom is 0.461 e. The van der Waals surface area contributed by atoms with Crippen molar-refractivity contribution in [3.8, 4) is 0 Å². The third kappa shape index (κ3) is 3.98. The van der Waals surface area contributed by atoms with E-state index in [1.807, 2.05) is 33.8 Å². The lowest BCUT2D eigenvalue weighted by Crippen LogP contribution is -2.14. The molecule has 0 fully saturated rings. The third-order valence-electron chi connectivity index (χ3n) is 5.31. The Balaban J connectivity index is 2.11. The van der Waals surface area contributed by atoms with Gasteiger partial charge < -0.3 is 0 Å². The third-order valence-corrected chi connectivity index (χ3v) is 7.74. The van der Waals surface area contributed by atoms with Crippen LogP contribution in [0, 0.1) is 27.7 Å². The fraction of sp³-hybridized carbons (Fsp3) is 0.167. The molecular weight excluding hydrogens is 438 g/mol. The number of benzene rings is 3. The molecule has 3 rings (SSSR count). The van der Waals surface area contributed by atoms with Crippen LogP contribution in [0.4, 0.5) is 0 Å². The Kier molecular flexibility index (Phi) is 6.57. The van der Waals surface area contributed by atoms with Crippen molar-refractivity contribution in [1.29, 1.82) is 0 Å². The molecule has 0 aliphatic heterocycles. The minimum absolute atomic E-state index is 0.00265. The lowest BCUT2D eigenvalue weighted by Gasteiger charge is -2.11. The zero-order chi connectivity index (χ0) is 22.2. The van der Waals surface area contributed by atoms with Crippen molar-refractivity contribution >= 4 is 47.6 Å². The largest absolute Gasteiger partial charge is 0.461 e. The number of ketones is 1. The summed E-state index contributed by atoms with van der Waals surface area (Å²) in [6.07, 6.45) is 0. The first-order valence-corrected chi connectivity index (χ1v) is 11.3. The quantitative estimate of drug-likeness (QED) is 0.314. The second-order valence-electron chi connectivity index (χ2n) is 7.19. The first kappa shape index (κ1) is 22.4. The monoisotopic (exact) mass is 457 g/mol. The first-order chi connectivity index (χ1) is 14.1. The van der Waals surface area contributed by atoms with Crippen molar-refractivity contribution in [3.05, 3.63) is 97.5 Å². The van der Waals surface area contributed by atoms with Crippen molar-refractivity contribution in [2.45, 2.75) is 27.7 Å². The molecule has 0 bridgehead atoms. The summed E-state index contributed by atoms with van der Waals surface area (Å²) in [5, 5.41) is 0.0420. The lowest BCUT2D eigenvalue weighted by atomic mass is 9.95. The topological polar surface area (TPSA) is 51.2 Å². The van der Waals surface area contributed by atoms with E-state index in [-0.39, 0.29) is 26.7 Å². The average molecular weight is 458 g/mol. The Morgan fingerprint density at radius 1 is 0.833 bits per heavy atom. The molecule has 3 aromatic carbocycles. The number of halogens is 2. The second-order valence-corrected chi connectivity index (χ2v) is 9.41. The van der Waals surface area contributed by atoms with Gasteiger partial charge in [-0.1, -0.05) is 64.2 Å². The number of hydrogen-bond donors (Lipinski definition) is 0. The maximum absolute atomic E-state index is 13.3. The number of rotatable bonds is 5. The van der Waals surface area contributed by atoms with Gasteiger partial charge in [-0.2, -0.15) is 0 Å². The van der Waals surface area contributed by atoms with Crippen LogP contribution < -0.4 is 5.30 Å². The zero-order valence-electron chi connectivity index (χ0n) is 17.0. The molecule has 0 aliphatic rings. The van der Waals surface area contributed by atoms with Crippen molar-refractivity contribution in [2.24, 2.45) is 0 Å². The minimum atomic E-state index is -2.62. The molecule has 6 heteroatoms. The van der Waals surface area contributed by atoms with Gasteiger partial charge in [-0.3, -0.25) is 4.79 Å². The van der Waals surface area contributed by atoms with E-state index in [1.54, 1.807) is 30.3 Å². The van der Waals surface area contributed by atoms with Crippen LogP contribution in [0.1, 0.15) is 48.5 Å². The molecule has 0 radical (unpaired) electrons. The van der Waals surface area contributed by atoms with Gasteiger partial charge in [-0.15, -0.1) is 0 Å². The summed E-state index contributed by atoms with van der Waals surface area (Å²) >= 11 is 12.8. The highest BCUT2D eigenvalue weighted by Gasteiger charge is 2.40. The van der Waals surface area contributed by atoms with Crippen LogP contribution in [0.3, 0.4) is 0 Å². The van der Waals surface area contributed by atoms with Crippen molar-refractivity contribution in [3.63, 3.8) is 0 Å². The second kappa shape index (κ2) is 8.81. The van der Waals surface area contributed by atoms with Gasteiger partial charge in [0.15, 0.2) is 5.78 Å². The van der Waals surface area contributed by atoms with Gasteiger partial charge in [-0.05, 0) is 62.1 Å². The Hall–Kier alpha value is -2.32. The summed E-state index contributed by atoms with van der Waals surface area (Å²) < 4.78 is 13.3. The summed E-state index contributed by atoms with van der Waals surface area (Å²) in [5.74, 6) is -0.326. The summed E-state index contributed by atoms with van der Waals surface area (Å²) in [6, 6.07) is 13.5. The standard InChI is InChI=1S/C24H20Cl2O3P/c1-13-12-14(2)20(16(4)15(13)3)24(28)30(29)23-19(25)11-10-18(21(23)26)22(27)17-8-6-5-7-9-17/h5-12H,1-4H3/q+1. The molecule has 0 spiro atoms. The van der Waals surface area contributed by atoms with E-state index in [1.165, 1.54) is 12.1 Å². The highest BCUT2D eigenvalue weighted by atomic mass is 35.5. The molecule has 0 heterocycles. The average Bonchev–Trinajstić information content (AvgIpc) is 2.72. The van der Waals surface area contributed by atoms with E-state index in [4.69, 9.17) is 23.2 Å². The zero-order valence-corrected chi connectivity index (χ0v) is 19.5. The van der Waals surface area contributed by atoms with Crippen LogP contribution in [0.15, 0.2) is 48.5 Å². The predicted octanol–water partition coefficient (Wildman–Crippen LogP) is 6.75. The Morgan fingerprint density at radius 2 is 1.47 bits per heavy atom. The minimum Gasteiger partial charge on any atom is -0.289 e. The molecule has 1 atom stereocenters. The summed E-state index contributed by atoms with van der Waals surface area (Å²) in [6.45, 7) is 7.54. The number of aryl methyl sites for hydroxylation is 2. The van der Waals surface area contributed by atoms with E-state index in [2.05, 4.69) is 0 Å². The van der Waals surface area contributed by atoms with Crippen molar-refractivity contribution in [1.82, 2.24) is 0 Å². The molecule has 152 valence electrons. The van der Waals surface area contributed by atoms with Gasteiger partial charge >= 0.3 is 13.3 Å². The van der Waals surface area contributed by atoms with E-state index in [9.17, 15) is 14.2 Å². The summed E-state index contributed by atoms with van der Waals surface area (Å²) in [5.41, 5.74) is 4.02. The molecule has 3 nitrogen and oxygen atoms in total. The number of carbonyl (C=O) groups is 2. The van der Waals surface area contributed by atoms with Gasteiger partial charge in [0.1, 0.15) is 5.02 Å². The van der Waals surface area contributed by atoms with Gasteiger partial charge in [0, 0.05) is 11.1 Å². The van der Waals surface area contributed by atoms with E-state index in [0.717, 1.165) is 22.3 Å². The number of hydrogen-bond acceptors (Lipinski definition) is 3. The van der Waals surface area contributed by atoms with Crippen LogP contribution in [0.25, 0.3) is 0 Å². The summed E-state index contributed by atoms with van der Waals surface area (Å²) in [4.78, 5) is 26.1. The molecule has 3 aromatic rings. The molecule has 0 amide bonds.